The maximum Gasteiger partial charge on any atom is 0.244 e. The van der Waals surface area contributed by atoms with E-state index in [4.69, 9.17) is 5.73 Å². The first-order chi connectivity index (χ1) is 7.50. The van der Waals surface area contributed by atoms with Gasteiger partial charge in [0.05, 0.1) is 4.90 Å². The largest absolute Gasteiger partial charge is 0.356 e. The maximum atomic E-state index is 12.2. The first kappa shape index (κ1) is 11.6. The highest BCUT2D eigenvalue weighted by Crippen LogP contribution is 2.19. The normalized spacial score (nSPS) is 23.5. The molecule has 90 valence electrons. The van der Waals surface area contributed by atoms with E-state index in [1.54, 1.807) is 30.1 Å². The van der Waals surface area contributed by atoms with Crippen molar-refractivity contribution in [2.75, 3.05) is 13.1 Å². The number of hydrogen-bond donors (Lipinski definition) is 1. The van der Waals surface area contributed by atoms with Gasteiger partial charge in [-0.1, -0.05) is 0 Å². The minimum atomic E-state index is -3.34. The van der Waals surface area contributed by atoms with E-state index < -0.39 is 10.0 Å². The molecule has 0 amide bonds. The number of rotatable bonds is 2. The van der Waals surface area contributed by atoms with Gasteiger partial charge in [0, 0.05) is 38.6 Å². The van der Waals surface area contributed by atoms with Crippen LogP contribution in [0.15, 0.2) is 23.4 Å². The molecule has 1 aromatic heterocycles. The van der Waals surface area contributed by atoms with E-state index in [1.165, 1.54) is 4.31 Å². The van der Waals surface area contributed by atoms with Crippen molar-refractivity contribution in [3.8, 4) is 0 Å². The molecule has 1 aromatic rings. The quantitative estimate of drug-likeness (QED) is 0.803. The second-order valence-corrected chi connectivity index (χ2v) is 6.22. The van der Waals surface area contributed by atoms with Crippen LogP contribution in [0.3, 0.4) is 0 Å². The van der Waals surface area contributed by atoms with Gasteiger partial charge in [-0.05, 0) is 18.9 Å². The Morgan fingerprint density at radius 1 is 1.50 bits per heavy atom. The lowest BCUT2D eigenvalue weighted by atomic mass is 10.1. The summed E-state index contributed by atoms with van der Waals surface area (Å²) in [4.78, 5) is 0.351. The molecule has 1 atom stereocenters. The Balaban J connectivity index is 2.25. The van der Waals surface area contributed by atoms with E-state index in [2.05, 4.69) is 0 Å². The SMILES string of the molecule is Cn1ccc(S(=O)(=O)N2CCCC(N)C2)c1. The molecule has 6 heteroatoms. The summed E-state index contributed by atoms with van der Waals surface area (Å²) >= 11 is 0. The highest BCUT2D eigenvalue weighted by molar-refractivity contribution is 7.89. The lowest BCUT2D eigenvalue weighted by Crippen LogP contribution is -2.45. The van der Waals surface area contributed by atoms with Gasteiger partial charge < -0.3 is 10.3 Å². The summed E-state index contributed by atoms with van der Waals surface area (Å²) in [5.41, 5.74) is 5.79. The van der Waals surface area contributed by atoms with E-state index >= 15 is 0 Å². The van der Waals surface area contributed by atoms with Gasteiger partial charge in [-0.2, -0.15) is 4.31 Å². The zero-order chi connectivity index (χ0) is 11.8. The summed E-state index contributed by atoms with van der Waals surface area (Å²) in [5, 5.41) is 0. The molecule has 1 aliphatic heterocycles. The van der Waals surface area contributed by atoms with E-state index in [1.807, 2.05) is 0 Å². The number of hydrogen-bond acceptors (Lipinski definition) is 3. The Hall–Kier alpha value is -0.850. The molecule has 0 spiro atoms. The fourth-order valence-corrected chi connectivity index (χ4v) is 3.56. The summed E-state index contributed by atoms with van der Waals surface area (Å²) in [5.74, 6) is 0. The van der Waals surface area contributed by atoms with E-state index in [0.717, 1.165) is 12.8 Å². The van der Waals surface area contributed by atoms with Gasteiger partial charge in [0.25, 0.3) is 0 Å². The van der Waals surface area contributed by atoms with Crippen molar-refractivity contribution in [3.63, 3.8) is 0 Å². The van der Waals surface area contributed by atoms with Gasteiger partial charge in [-0.15, -0.1) is 0 Å². The number of aryl methyl sites for hydroxylation is 1. The van der Waals surface area contributed by atoms with Crippen molar-refractivity contribution in [3.05, 3.63) is 18.5 Å². The average molecular weight is 243 g/mol. The molecular weight excluding hydrogens is 226 g/mol. The summed E-state index contributed by atoms with van der Waals surface area (Å²) in [6.45, 7) is 1.00. The van der Waals surface area contributed by atoms with Crippen LogP contribution in [0, 0.1) is 0 Å². The molecule has 2 N–H and O–H groups in total. The van der Waals surface area contributed by atoms with Crippen LogP contribution in [0.2, 0.25) is 0 Å². The Bertz CT molecular complexity index is 466. The zero-order valence-corrected chi connectivity index (χ0v) is 10.2. The molecule has 2 rings (SSSR count). The van der Waals surface area contributed by atoms with Crippen LogP contribution < -0.4 is 5.73 Å². The molecule has 0 saturated carbocycles. The fraction of sp³-hybridized carbons (Fsp3) is 0.600. The lowest BCUT2D eigenvalue weighted by Gasteiger charge is -2.29. The minimum absolute atomic E-state index is 0.0350. The molecule has 2 heterocycles. The molecule has 0 bridgehead atoms. The van der Waals surface area contributed by atoms with Gasteiger partial charge in [0.2, 0.25) is 10.0 Å². The van der Waals surface area contributed by atoms with Gasteiger partial charge >= 0.3 is 0 Å². The zero-order valence-electron chi connectivity index (χ0n) is 9.33. The average Bonchev–Trinajstić information content (AvgIpc) is 2.65. The summed E-state index contributed by atoms with van der Waals surface area (Å²) in [6, 6.07) is 1.59. The molecule has 1 unspecified atom stereocenters. The maximum absolute atomic E-state index is 12.2. The number of nitrogens with two attached hydrogens (primary N) is 1. The predicted molar refractivity (Wildman–Crippen MR) is 61.4 cm³/mol. The fourth-order valence-electron chi connectivity index (χ4n) is 1.97. The third kappa shape index (κ3) is 2.14. The number of piperidine rings is 1. The first-order valence-corrected chi connectivity index (χ1v) is 6.82. The summed E-state index contributed by atoms with van der Waals surface area (Å²) in [7, 11) is -1.54. The molecule has 1 saturated heterocycles. The van der Waals surface area contributed by atoms with E-state index in [9.17, 15) is 8.42 Å². The molecule has 0 radical (unpaired) electrons. The number of nitrogens with zero attached hydrogens (tertiary/aromatic N) is 2. The standard InChI is InChI=1S/C10H17N3O2S/c1-12-6-4-10(8-12)16(14,15)13-5-2-3-9(11)7-13/h4,6,8-9H,2-3,5,7,11H2,1H3. The second-order valence-electron chi connectivity index (χ2n) is 4.28. The Kier molecular flexibility index (Phi) is 3.05. The Morgan fingerprint density at radius 2 is 2.25 bits per heavy atom. The minimum Gasteiger partial charge on any atom is -0.356 e. The van der Waals surface area contributed by atoms with Crippen LogP contribution in [0.5, 0.6) is 0 Å². The second kappa shape index (κ2) is 4.20. The van der Waals surface area contributed by atoms with Crippen molar-refractivity contribution < 1.29 is 8.42 Å². The molecule has 5 nitrogen and oxygen atoms in total. The van der Waals surface area contributed by atoms with Gasteiger partial charge in [0.1, 0.15) is 0 Å². The highest BCUT2D eigenvalue weighted by atomic mass is 32.2. The molecular formula is C10H17N3O2S. The summed E-state index contributed by atoms with van der Waals surface area (Å²) in [6.07, 6.45) is 5.10. The Labute approximate surface area is 95.9 Å². The molecule has 16 heavy (non-hydrogen) atoms. The smallest absolute Gasteiger partial charge is 0.244 e. The van der Waals surface area contributed by atoms with Crippen molar-refractivity contribution in [2.24, 2.45) is 12.8 Å². The van der Waals surface area contributed by atoms with Crippen LogP contribution in [-0.4, -0.2) is 36.4 Å². The lowest BCUT2D eigenvalue weighted by molar-refractivity contribution is 0.316. The third-order valence-electron chi connectivity index (χ3n) is 2.86. The topological polar surface area (TPSA) is 68.3 Å². The third-order valence-corrected chi connectivity index (χ3v) is 4.71. The highest BCUT2D eigenvalue weighted by Gasteiger charge is 2.29. The van der Waals surface area contributed by atoms with Crippen LogP contribution in [-0.2, 0) is 17.1 Å². The van der Waals surface area contributed by atoms with Crippen molar-refractivity contribution >= 4 is 10.0 Å². The van der Waals surface area contributed by atoms with Crippen LogP contribution in [0.4, 0.5) is 0 Å². The number of aromatic nitrogens is 1. The first-order valence-electron chi connectivity index (χ1n) is 5.38. The van der Waals surface area contributed by atoms with Crippen molar-refractivity contribution in [2.45, 2.75) is 23.8 Å². The molecule has 0 aliphatic carbocycles. The van der Waals surface area contributed by atoms with Crippen LogP contribution in [0.1, 0.15) is 12.8 Å². The van der Waals surface area contributed by atoms with Crippen molar-refractivity contribution in [1.29, 1.82) is 0 Å². The van der Waals surface area contributed by atoms with Crippen LogP contribution >= 0.6 is 0 Å². The van der Waals surface area contributed by atoms with Crippen LogP contribution in [0.25, 0.3) is 0 Å². The van der Waals surface area contributed by atoms with Gasteiger partial charge in [-0.25, -0.2) is 8.42 Å². The summed E-state index contributed by atoms with van der Waals surface area (Å²) < 4.78 is 27.6. The molecule has 0 aromatic carbocycles. The van der Waals surface area contributed by atoms with Gasteiger partial charge in [-0.3, -0.25) is 0 Å². The monoisotopic (exact) mass is 243 g/mol. The van der Waals surface area contributed by atoms with E-state index in [-0.39, 0.29) is 6.04 Å². The van der Waals surface area contributed by atoms with E-state index in [0.29, 0.717) is 18.0 Å². The molecule has 1 aliphatic rings. The predicted octanol–water partition coefficient (Wildman–Crippen LogP) is 0.137. The van der Waals surface area contributed by atoms with Gasteiger partial charge in [0.15, 0.2) is 0 Å². The van der Waals surface area contributed by atoms with Crippen molar-refractivity contribution in [1.82, 2.24) is 8.87 Å². The Morgan fingerprint density at radius 3 is 2.81 bits per heavy atom. The number of sulfonamides is 1. The molecule has 1 fully saturated rings.